The monoisotopic (exact) mass is 560 g/mol. The van der Waals surface area contributed by atoms with E-state index >= 15 is 0 Å². The zero-order chi connectivity index (χ0) is 19.7. The van der Waals surface area contributed by atoms with Crippen molar-refractivity contribution in [3.63, 3.8) is 0 Å². The van der Waals surface area contributed by atoms with Crippen molar-refractivity contribution in [2.75, 3.05) is 0 Å². The average Bonchev–Trinajstić information content (AvgIpc) is 2.98. The molecule has 3 aromatic rings. The summed E-state index contributed by atoms with van der Waals surface area (Å²) in [4.78, 5) is 12.6. The molecule has 0 aliphatic heterocycles. The van der Waals surface area contributed by atoms with Crippen LogP contribution in [0.4, 0.5) is 0 Å². The molecule has 0 radical (unpaired) electrons. The topological polar surface area (TPSA) is 26.3 Å². The molecule has 0 atom stereocenters. The molecule has 0 spiro atoms. The van der Waals surface area contributed by atoms with Gasteiger partial charge in [0, 0.05) is 22.0 Å². The number of benzene rings is 3. The number of hydrogen-bond acceptors (Lipinski definition) is 2. The van der Waals surface area contributed by atoms with Gasteiger partial charge < -0.3 is 4.74 Å². The Morgan fingerprint density at radius 2 is 1.61 bits per heavy atom. The fourth-order valence-corrected chi connectivity index (χ4v) is 4.92. The Morgan fingerprint density at radius 1 is 0.929 bits per heavy atom. The van der Waals surface area contributed by atoms with Gasteiger partial charge in [0.2, 0.25) is 0 Å². The lowest BCUT2D eigenvalue weighted by Gasteiger charge is -2.12. The number of ketones is 1. The van der Waals surface area contributed by atoms with Crippen LogP contribution in [0.5, 0.6) is 5.75 Å². The van der Waals surface area contributed by atoms with E-state index < -0.39 is 0 Å². The van der Waals surface area contributed by atoms with Crippen molar-refractivity contribution >= 4 is 59.6 Å². The largest absolute Gasteiger partial charge is 0.487 e. The molecule has 0 amide bonds. The molecule has 5 heteroatoms. The van der Waals surface area contributed by atoms with Crippen molar-refractivity contribution in [3.05, 3.63) is 102 Å². The first kappa shape index (κ1) is 19.6. The van der Waals surface area contributed by atoms with Gasteiger partial charge in [-0.25, -0.2) is 0 Å². The molecule has 0 unspecified atom stereocenters. The number of ether oxygens (including phenoxy) is 1. The predicted octanol–water partition coefficient (Wildman–Crippen LogP) is 7.38. The lowest BCUT2D eigenvalue weighted by atomic mass is 10.1. The van der Waals surface area contributed by atoms with E-state index in [4.69, 9.17) is 4.74 Å². The van der Waals surface area contributed by atoms with Crippen molar-refractivity contribution in [2.24, 2.45) is 0 Å². The minimum absolute atomic E-state index is 0.110. The first-order valence-corrected chi connectivity index (χ1v) is 11.1. The SMILES string of the molecule is O=C1/C(=C/c2cc(Br)c(OCc3ccc(Br)cc3)c(Br)c2)Cc2ccccc21. The van der Waals surface area contributed by atoms with Crippen molar-refractivity contribution in [1.29, 1.82) is 0 Å². The number of hydrogen-bond donors (Lipinski definition) is 0. The number of rotatable bonds is 4. The normalized spacial score (nSPS) is 14.4. The first-order chi connectivity index (χ1) is 13.5. The average molecular weight is 563 g/mol. The summed E-state index contributed by atoms with van der Waals surface area (Å²) in [5.74, 6) is 0.851. The van der Waals surface area contributed by atoms with Crippen molar-refractivity contribution in [2.45, 2.75) is 13.0 Å². The summed E-state index contributed by atoms with van der Waals surface area (Å²) in [5, 5.41) is 0. The fourth-order valence-electron chi connectivity index (χ4n) is 3.21. The van der Waals surface area contributed by atoms with E-state index in [1.165, 1.54) is 0 Å². The first-order valence-electron chi connectivity index (χ1n) is 8.71. The Kier molecular flexibility index (Phi) is 5.85. The van der Waals surface area contributed by atoms with Gasteiger partial charge in [0.1, 0.15) is 12.4 Å². The molecule has 1 aliphatic carbocycles. The molecule has 0 saturated carbocycles. The van der Waals surface area contributed by atoms with Crippen LogP contribution in [-0.2, 0) is 13.0 Å². The molecule has 0 bridgehead atoms. The van der Waals surface area contributed by atoms with Gasteiger partial charge in [-0.15, -0.1) is 0 Å². The Hall–Kier alpha value is -1.69. The number of Topliss-reactive ketones (excluding diaryl/α,β-unsaturated/α-hetero) is 1. The maximum Gasteiger partial charge on any atom is 0.189 e. The molecule has 140 valence electrons. The molecular formula is C23H15Br3O2. The molecule has 2 nitrogen and oxygen atoms in total. The molecular weight excluding hydrogens is 548 g/mol. The second-order valence-corrected chi connectivity index (χ2v) is 9.19. The van der Waals surface area contributed by atoms with Gasteiger partial charge in [-0.05, 0) is 78.9 Å². The number of carbonyl (C=O) groups excluding carboxylic acids is 1. The third kappa shape index (κ3) is 4.17. The van der Waals surface area contributed by atoms with Crippen LogP contribution in [0.3, 0.4) is 0 Å². The van der Waals surface area contributed by atoms with E-state index in [0.717, 1.165) is 47.0 Å². The highest BCUT2D eigenvalue weighted by molar-refractivity contribution is 9.11. The van der Waals surface area contributed by atoms with Crippen LogP contribution in [0.2, 0.25) is 0 Å². The van der Waals surface area contributed by atoms with Gasteiger partial charge in [-0.3, -0.25) is 4.79 Å². The quantitative estimate of drug-likeness (QED) is 0.310. The molecule has 0 fully saturated rings. The molecule has 4 rings (SSSR count). The third-order valence-electron chi connectivity index (χ3n) is 4.59. The van der Waals surface area contributed by atoms with E-state index in [2.05, 4.69) is 47.8 Å². The number of halogens is 3. The van der Waals surface area contributed by atoms with E-state index in [1.807, 2.05) is 66.7 Å². The fraction of sp³-hybridized carbons (Fsp3) is 0.0870. The molecule has 28 heavy (non-hydrogen) atoms. The molecule has 0 heterocycles. The Labute approximate surface area is 189 Å². The summed E-state index contributed by atoms with van der Waals surface area (Å²) >= 11 is 10.6. The summed E-state index contributed by atoms with van der Waals surface area (Å²) in [7, 11) is 0. The van der Waals surface area contributed by atoms with Crippen molar-refractivity contribution < 1.29 is 9.53 Å². The third-order valence-corrected chi connectivity index (χ3v) is 6.30. The second kappa shape index (κ2) is 8.36. The van der Waals surface area contributed by atoms with Crippen LogP contribution in [0.1, 0.15) is 27.0 Å². The minimum Gasteiger partial charge on any atom is -0.487 e. The Morgan fingerprint density at radius 3 is 2.29 bits per heavy atom. The lowest BCUT2D eigenvalue weighted by molar-refractivity contribution is 0.104. The molecule has 0 N–H and O–H groups in total. The standard InChI is InChI=1S/C23H15Br3O2/c24-18-7-5-14(6-8-18)13-28-23-20(25)10-15(11-21(23)26)9-17-12-16-3-1-2-4-19(16)22(17)27/h1-11H,12-13H2/b17-9+. The summed E-state index contributed by atoms with van der Waals surface area (Å²) < 4.78 is 8.72. The molecule has 0 aromatic heterocycles. The Balaban J connectivity index is 1.55. The van der Waals surface area contributed by atoms with E-state index in [1.54, 1.807) is 0 Å². The highest BCUT2D eigenvalue weighted by Crippen LogP contribution is 2.37. The number of fused-ring (bicyclic) bond motifs is 1. The van der Waals surface area contributed by atoms with Crippen LogP contribution in [0.25, 0.3) is 6.08 Å². The molecule has 1 aliphatic rings. The summed E-state index contributed by atoms with van der Waals surface area (Å²) in [5.41, 5.74) is 4.74. The number of allylic oxidation sites excluding steroid dienone is 1. The van der Waals surface area contributed by atoms with Gasteiger partial charge in [-0.1, -0.05) is 52.3 Å². The van der Waals surface area contributed by atoms with Gasteiger partial charge in [0.05, 0.1) is 8.95 Å². The summed E-state index contributed by atoms with van der Waals surface area (Å²) in [6.07, 6.45) is 2.63. The highest BCUT2D eigenvalue weighted by atomic mass is 79.9. The maximum absolute atomic E-state index is 12.6. The zero-order valence-corrected chi connectivity index (χ0v) is 19.5. The lowest BCUT2D eigenvalue weighted by Crippen LogP contribution is -1.98. The maximum atomic E-state index is 12.6. The van der Waals surface area contributed by atoms with Crippen LogP contribution < -0.4 is 4.74 Å². The van der Waals surface area contributed by atoms with E-state index in [0.29, 0.717) is 13.0 Å². The zero-order valence-electron chi connectivity index (χ0n) is 14.7. The van der Waals surface area contributed by atoms with Gasteiger partial charge in [-0.2, -0.15) is 0 Å². The summed E-state index contributed by atoms with van der Waals surface area (Å²) in [6, 6.07) is 19.8. The van der Waals surface area contributed by atoms with Crippen molar-refractivity contribution in [3.8, 4) is 5.75 Å². The van der Waals surface area contributed by atoms with E-state index in [-0.39, 0.29) is 5.78 Å². The molecule has 0 saturated heterocycles. The van der Waals surface area contributed by atoms with E-state index in [9.17, 15) is 4.79 Å². The highest BCUT2D eigenvalue weighted by Gasteiger charge is 2.24. The second-order valence-electron chi connectivity index (χ2n) is 6.56. The molecule has 3 aromatic carbocycles. The smallest absolute Gasteiger partial charge is 0.189 e. The Bertz CT molecular complexity index is 1060. The number of carbonyl (C=O) groups is 1. The van der Waals surface area contributed by atoms with Gasteiger partial charge in [0.25, 0.3) is 0 Å². The predicted molar refractivity (Wildman–Crippen MR) is 123 cm³/mol. The van der Waals surface area contributed by atoms with Crippen LogP contribution in [0, 0.1) is 0 Å². The summed E-state index contributed by atoms with van der Waals surface area (Å²) in [6.45, 7) is 0.471. The van der Waals surface area contributed by atoms with Gasteiger partial charge in [0.15, 0.2) is 5.78 Å². The van der Waals surface area contributed by atoms with Crippen molar-refractivity contribution in [1.82, 2.24) is 0 Å². The minimum atomic E-state index is 0.110. The van der Waals surface area contributed by atoms with Crippen LogP contribution >= 0.6 is 47.8 Å². The van der Waals surface area contributed by atoms with Crippen LogP contribution in [0.15, 0.2) is 79.7 Å². The van der Waals surface area contributed by atoms with Crippen LogP contribution in [-0.4, -0.2) is 5.78 Å². The van der Waals surface area contributed by atoms with Gasteiger partial charge >= 0.3 is 0 Å².